The lowest BCUT2D eigenvalue weighted by Crippen LogP contribution is -2.09. The Morgan fingerprint density at radius 3 is 2.40 bits per heavy atom. The van der Waals surface area contributed by atoms with Crippen molar-refractivity contribution in [2.24, 2.45) is 5.73 Å². The summed E-state index contributed by atoms with van der Waals surface area (Å²) in [6.45, 7) is 0.487. The molecule has 2 rings (SSSR count). The summed E-state index contributed by atoms with van der Waals surface area (Å²) < 4.78 is 12.2. The summed E-state index contributed by atoms with van der Waals surface area (Å²) in [5.41, 5.74) is 7.48. The topological polar surface area (TPSA) is 44.5 Å². The molecule has 0 aliphatic rings. The second-order valence-corrected chi connectivity index (χ2v) is 5.86. The molecule has 0 atom stereocenters. The SMILES string of the molecule is COc1cc(OCc2ccc(I)cc2)cc(C(N)=S)c1. The van der Waals surface area contributed by atoms with Gasteiger partial charge in [-0.25, -0.2) is 0 Å². The molecule has 0 unspecified atom stereocenters. The maximum atomic E-state index is 5.77. The zero-order valence-electron chi connectivity index (χ0n) is 10.9. The van der Waals surface area contributed by atoms with Crippen LogP contribution in [0.15, 0.2) is 42.5 Å². The minimum atomic E-state index is 0.322. The van der Waals surface area contributed by atoms with E-state index in [1.54, 1.807) is 13.2 Å². The van der Waals surface area contributed by atoms with Crippen LogP contribution in [-0.4, -0.2) is 12.1 Å². The van der Waals surface area contributed by atoms with Crippen LogP contribution in [0.3, 0.4) is 0 Å². The quantitative estimate of drug-likeness (QED) is 0.618. The van der Waals surface area contributed by atoms with Gasteiger partial charge in [-0.3, -0.25) is 0 Å². The van der Waals surface area contributed by atoms with E-state index in [-0.39, 0.29) is 0 Å². The molecule has 20 heavy (non-hydrogen) atoms. The number of halogens is 1. The van der Waals surface area contributed by atoms with Crippen LogP contribution < -0.4 is 15.2 Å². The Balaban J connectivity index is 2.14. The third kappa shape index (κ3) is 4.08. The first-order chi connectivity index (χ1) is 9.58. The molecule has 0 aliphatic carbocycles. The highest BCUT2D eigenvalue weighted by Crippen LogP contribution is 2.23. The summed E-state index contributed by atoms with van der Waals surface area (Å²) in [5.74, 6) is 1.36. The third-order valence-electron chi connectivity index (χ3n) is 2.72. The van der Waals surface area contributed by atoms with Crippen LogP contribution in [-0.2, 0) is 6.61 Å². The van der Waals surface area contributed by atoms with E-state index >= 15 is 0 Å². The van der Waals surface area contributed by atoms with Crippen molar-refractivity contribution in [1.82, 2.24) is 0 Å². The van der Waals surface area contributed by atoms with Crippen molar-refractivity contribution in [3.05, 3.63) is 57.2 Å². The number of methoxy groups -OCH3 is 1. The molecule has 0 saturated carbocycles. The Labute approximate surface area is 137 Å². The lowest BCUT2D eigenvalue weighted by atomic mass is 10.2. The first kappa shape index (κ1) is 15.1. The second kappa shape index (κ2) is 6.90. The van der Waals surface area contributed by atoms with Crippen molar-refractivity contribution < 1.29 is 9.47 Å². The number of benzene rings is 2. The minimum absolute atomic E-state index is 0.322. The number of nitrogens with two attached hydrogens (primary N) is 1. The van der Waals surface area contributed by atoms with Gasteiger partial charge >= 0.3 is 0 Å². The van der Waals surface area contributed by atoms with Crippen molar-refractivity contribution in [2.45, 2.75) is 6.61 Å². The van der Waals surface area contributed by atoms with Crippen LogP contribution in [0.2, 0.25) is 0 Å². The molecular formula is C15H14INO2S. The summed E-state index contributed by atoms with van der Waals surface area (Å²) >= 11 is 7.26. The first-order valence-corrected chi connectivity index (χ1v) is 7.43. The molecule has 104 valence electrons. The first-order valence-electron chi connectivity index (χ1n) is 5.94. The highest BCUT2D eigenvalue weighted by Gasteiger charge is 2.05. The van der Waals surface area contributed by atoms with Crippen molar-refractivity contribution in [3.8, 4) is 11.5 Å². The zero-order chi connectivity index (χ0) is 14.5. The summed E-state index contributed by atoms with van der Waals surface area (Å²) in [7, 11) is 1.60. The molecule has 5 heteroatoms. The average molecular weight is 399 g/mol. The molecule has 0 bridgehead atoms. The van der Waals surface area contributed by atoms with Crippen LogP contribution in [0.4, 0.5) is 0 Å². The standard InChI is InChI=1S/C15H14INO2S/c1-18-13-6-11(15(17)20)7-14(8-13)19-9-10-2-4-12(16)5-3-10/h2-8H,9H2,1H3,(H2,17,20). The number of hydrogen-bond donors (Lipinski definition) is 1. The molecule has 0 fully saturated rings. The van der Waals surface area contributed by atoms with Gasteiger partial charge in [0.05, 0.1) is 7.11 Å². The Morgan fingerprint density at radius 1 is 1.15 bits per heavy atom. The largest absolute Gasteiger partial charge is 0.497 e. The molecule has 0 spiro atoms. The van der Waals surface area contributed by atoms with Crippen LogP contribution in [0.25, 0.3) is 0 Å². The molecular weight excluding hydrogens is 385 g/mol. The Bertz CT molecular complexity index is 614. The maximum absolute atomic E-state index is 5.77. The lowest BCUT2D eigenvalue weighted by Gasteiger charge is -2.10. The maximum Gasteiger partial charge on any atom is 0.124 e. The van der Waals surface area contributed by atoms with Gasteiger partial charge in [-0.1, -0.05) is 24.4 Å². The number of rotatable bonds is 5. The average Bonchev–Trinajstić information content (AvgIpc) is 2.46. The summed E-state index contributed by atoms with van der Waals surface area (Å²) in [6.07, 6.45) is 0. The van der Waals surface area contributed by atoms with E-state index in [2.05, 4.69) is 22.6 Å². The molecule has 2 N–H and O–H groups in total. The van der Waals surface area contributed by atoms with E-state index in [1.165, 1.54) is 3.57 Å². The van der Waals surface area contributed by atoms with Crippen molar-refractivity contribution in [2.75, 3.05) is 7.11 Å². The monoisotopic (exact) mass is 399 g/mol. The predicted molar refractivity (Wildman–Crippen MR) is 92.4 cm³/mol. The van der Waals surface area contributed by atoms with Crippen LogP contribution >= 0.6 is 34.8 Å². The Hall–Kier alpha value is -1.34. The highest BCUT2D eigenvalue weighted by atomic mass is 127. The van der Waals surface area contributed by atoms with Gasteiger partial charge < -0.3 is 15.2 Å². The number of thiocarbonyl (C=S) groups is 1. The smallest absolute Gasteiger partial charge is 0.124 e. The second-order valence-electron chi connectivity index (χ2n) is 4.18. The Morgan fingerprint density at radius 2 is 1.80 bits per heavy atom. The fourth-order valence-corrected chi connectivity index (χ4v) is 2.14. The van der Waals surface area contributed by atoms with Gasteiger partial charge in [0, 0.05) is 15.2 Å². The van der Waals surface area contributed by atoms with E-state index in [0.29, 0.717) is 23.1 Å². The summed E-state index contributed by atoms with van der Waals surface area (Å²) in [5, 5.41) is 0. The molecule has 2 aromatic carbocycles. The molecule has 0 heterocycles. The molecule has 2 aromatic rings. The van der Waals surface area contributed by atoms with Gasteiger partial charge in [-0.05, 0) is 52.4 Å². The number of ether oxygens (including phenoxy) is 2. The van der Waals surface area contributed by atoms with Gasteiger partial charge in [0.15, 0.2) is 0 Å². The zero-order valence-corrected chi connectivity index (χ0v) is 13.9. The van der Waals surface area contributed by atoms with Crippen LogP contribution in [0, 0.1) is 3.57 Å². The van der Waals surface area contributed by atoms with Crippen molar-refractivity contribution >= 4 is 39.8 Å². The predicted octanol–water partition coefficient (Wildman–Crippen LogP) is 3.51. The number of hydrogen-bond acceptors (Lipinski definition) is 3. The fraction of sp³-hybridized carbons (Fsp3) is 0.133. The van der Waals surface area contributed by atoms with Crippen molar-refractivity contribution in [1.29, 1.82) is 0 Å². The van der Waals surface area contributed by atoms with Gasteiger partial charge in [0.1, 0.15) is 23.1 Å². The van der Waals surface area contributed by atoms with E-state index in [0.717, 1.165) is 11.1 Å². The van der Waals surface area contributed by atoms with Gasteiger partial charge in [-0.2, -0.15) is 0 Å². The molecule has 0 radical (unpaired) electrons. The fourth-order valence-electron chi connectivity index (χ4n) is 1.66. The third-order valence-corrected chi connectivity index (χ3v) is 3.67. The molecule has 0 saturated heterocycles. The summed E-state index contributed by atoms with van der Waals surface area (Å²) in [6, 6.07) is 13.6. The van der Waals surface area contributed by atoms with Gasteiger partial charge in [-0.15, -0.1) is 0 Å². The van der Waals surface area contributed by atoms with Gasteiger partial charge in [0.25, 0.3) is 0 Å². The van der Waals surface area contributed by atoms with E-state index in [9.17, 15) is 0 Å². The molecule has 3 nitrogen and oxygen atoms in total. The lowest BCUT2D eigenvalue weighted by molar-refractivity contribution is 0.303. The molecule has 0 aromatic heterocycles. The van der Waals surface area contributed by atoms with Crippen molar-refractivity contribution in [3.63, 3.8) is 0 Å². The molecule has 0 aliphatic heterocycles. The van der Waals surface area contributed by atoms with E-state index in [1.807, 2.05) is 36.4 Å². The Kier molecular flexibility index (Phi) is 5.19. The van der Waals surface area contributed by atoms with Crippen LogP contribution in [0.1, 0.15) is 11.1 Å². The van der Waals surface area contributed by atoms with Gasteiger partial charge in [0.2, 0.25) is 0 Å². The summed E-state index contributed by atoms with van der Waals surface area (Å²) in [4.78, 5) is 0.322. The highest BCUT2D eigenvalue weighted by molar-refractivity contribution is 14.1. The van der Waals surface area contributed by atoms with E-state index < -0.39 is 0 Å². The normalized spacial score (nSPS) is 10.1. The van der Waals surface area contributed by atoms with Crippen LogP contribution in [0.5, 0.6) is 11.5 Å². The molecule has 0 amide bonds. The minimum Gasteiger partial charge on any atom is -0.497 e. The van der Waals surface area contributed by atoms with E-state index in [4.69, 9.17) is 27.4 Å².